The van der Waals surface area contributed by atoms with Gasteiger partial charge in [0.2, 0.25) is 0 Å². The van der Waals surface area contributed by atoms with Gasteiger partial charge in [0.15, 0.2) is 11.5 Å². The van der Waals surface area contributed by atoms with Crippen molar-refractivity contribution in [3.05, 3.63) is 159 Å². The molecular formula is C44H37ClFN3O5. The van der Waals surface area contributed by atoms with E-state index in [0.717, 1.165) is 64.3 Å². The van der Waals surface area contributed by atoms with Gasteiger partial charge in [-0.25, -0.2) is 14.1 Å². The van der Waals surface area contributed by atoms with Crippen LogP contribution in [0.2, 0.25) is 5.02 Å². The van der Waals surface area contributed by atoms with E-state index in [9.17, 15) is 18.8 Å². The Morgan fingerprint density at radius 1 is 0.815 bits per heavy atom. The first-order chi connectivity index (χ1) is 26.3. The van der Waals surface area contributed by atoms with E-state index < -0.39 is 17.8 Å². The highest BCUT2D eigenvalue weighted by Gasteiger charge is 2.40. The summed E-state index contributed by atoms with van der Waals surface area (Å²) in [7, 11) is 0. The zero-order valence-corrected chi connectivity index (χ0v) is 30.3. The Balaban J connectivity index is 1.19. The summed E-state index contributed by atoms with van der Waals surface area (Å²) in [6, 6.07) is 32.8. The molecule has 4 amide bonds. The lowest BCUT2D eigenvalue weighted by Gasteiger charge is -2.44. The lowest BCUT2D eigenvalue weighted by molar-refractivity contribution is -0.122. The minimum absolute atomic E-state index is 0.0493. The Labute approximate surface area is 317 Å². The van der Waals surface area contributed by atoms with Crippen molar-refractivity contribution in [3.63, 3.8) is 0 Å². The highest BCUT2D eigenvalue weighted by molar-refractivity contribution is 6.39. The van der Waals surface area contributed by atoms with Crippen LogP contribution in [0.1, 0.15) is 65.0 Å². The molecule has 2 atom stereocenters. The molecule has 272 valence electrons. The number of benzene rings is 5. The van der Waals surface area contributed by atoms with Crippen LogP contribution in [-0.2, 0) is 16.2 Å². The maximum atomic E-state index is 14.4. The Hall–Kier alpha value is -5.93. The molecule has 3 heterocycles. The second-order valence-corrected chi connectivity index (χ2v) is 14.0. The van der Waals surface area contributed by atoms with E-state index in [2.05, 4.69) is 34.5 Å². The van der Waals surface area contributed by atoms with E-state index in [0.29, 0.717) is 17.0 Å². The van der Waals surface area contributed by atoms with Gasteiger partial charge in [0, 0.05) is 30.6 Å². The van der Waals surface area contributed by atoms with Crippen LogP contribution >= 0.6 is 11.6 Å². The number of imide groups is 2. The molecule has 1 N–H and O–H groups in total. The van der Waals surface area contributed by atoms with Gasteiger partial charge in [-0.15, -0.1) is 0 Å². The van der Waals surface area contributed by atoms with Crippen LogP contribution in [0.4, 0.5) is 20.6 Å². The second kappa shape index (κ2) is 14.8. The monoisotopic (exact) mass is 741 g/mol. The Morgan fingerprint density at radius 2 is 1.43 bits per heavy atom. The van der Waals surface area contributed by atoms with Gasteiger partial charge in [0.25, 0.3) is 11.8 Å². The zero-order chi connectivity index (χ0) is 37.3. The first-order valence-corrected chi connectivity index (χ1v) is 18.4. The molecule has 8 nitrogen and oxygen atoms in total. The molecule has 0 aromatic heterocycles. The van der Waals surface area contributed by atoms with E-state index >= 15 is 0 Å². The van der Waals surface area contributed by atoms with Crippen LogP contribution in [0, 0.1) is 5.82 Å². The molecule has 3 aliphatic rings. The molecule has 0 saturated carbocycles. The Kier molecular flexibility index (Phi) is 9.65. The number of rotatable bonds is 9. The van der Waals surface area contributed by atoms with Gasteiger partial charge < -0.3 is 14.4 Å². The lowest BCUT2D eigenvalue weighted by atomic mass is 9.76. The van der Waals surface area contributed by atoms with Crippen LogP contribution in [0.5, 0.6) is 11.5 Å². The summed E-state index contributed by atoms with van der Waals surface area (Å²) in [5.41, 5.74) is 6.86. The number of carbonyl (C=O) groups is 3. The highest BCUT2D eigenvalue weighted by Crippen LogP contribution is 2.50. The predicted octanol–water partition coefficient (Wildman–Crippen LogP) is 9.00. The molecule has 0 aliphatic carbocycles. The lowest BCUT2D eigenvalue weighted by Crippen LogP contribution is -2.54. The van der Waals surface area contributed by atoms with Gasteiger partial charge in [0.1, 0.15) is 18.0 Å². The van der Waals surface area contributed by atoms with Crippen molar-refractivity contribution in [3.8, 4) is 11.5 Å². The van der Waals surface area contributed by atoms with Crippen LogP contribution < -0.4 is 24.6 Å². The number of halogens is 2. The normalized spacial score (nSPS) is 18.7. The molecule has 54 heavy (non-hydrogen) atoms. The number of amides is 4. The molecule has 8 rings (SSSR count). The molecule has 5 aromatic carbocycles. The maximum Gasteiger partial charge on any atom is 0.335 e. The van der Waals surface area contributed by atoms with E-state index in [-0.39, 0.29) is 47.2 Å². The summed E-state index contributed by atoms with van der Waals surface area (Å²) in [6.45, 7) is 3.99. The summed E-state index contributed by atoms with van der Waals surface area (Å²) in [5, 5.41) is 2.58. The first kappa shape index (κ1) is 35.1. The standard InChI is InChI=1S/C44H37ClFN3O5/c1-2-53-39-23-28(22-38(45)41(39)54-26-27-13-15-31(46)16-14-27)21-37-42(50)47-44(52)49(43(37)51)32-24-35-33(29-9-5-3-6-10-29)17-19-48-20-18-34(36(25-32)40(35)48)30-11-7-4-8-12-30/h3-16,21-25,33-34H,2,17-20,26H2,1H3,(H,47,50,52)/b37-21+/t33-,34+. The SMILES string of the molecule is CCOc1cc(/C=C2\C(=O)NC(=O)N(c3cc4c5c(c3)[C@H](c3ccccc3)CCN5CC[C@@H]4c3ccccc3)C2=O)cc(Cl)c1OCc1ccc(F)cc1. The molecule has 0 spiro atoms. The van der Waals surface area contributed by atoms with Crippen LogP contribution in [-0.4, -0.2) is 37.5 Å². The zero-order valence-electron chi connectivity index (χ0n) is 29.6. The molecular weight excluding hydrogens is 705 g/mol. The van der Waals surface area contributed by atoms with Crippen LogP contribution in [0.3, 0.4) is 0 Å². The maximum absolute atomic E-state index is 14.4. The third-order valence-corrected chi connectivity index (χ3v) is 10.6. The highest BCUT2D eigenvalue weighted by atomic mass is 35.5. The third kappa shape index (κ3) is 6.71. The second-order valence-electron chi connectivity index (χ2n) is 13.6. The number of nitrogens with zero attached hydrogens (tertiary/aromatic N) is 2. The summed E-state index contributed by atoms with van der Waals surface area (Å²) in [6.07, 6.45) is 3.16. The van der Waals surface area contributed by atoms with Gasteiger partial charge in [0.05, 0.1) is 17.3 Å². The number of nitrogens with one attached hydrogen (secondary N) is 1. The van der Waals surface area contributed by atoms with Gasteiger partial charge in [-0.2, -0.15) is 0 Å². The largest absolute Gasteiger partial charge is 0.490 e. The van der Waals surface area contributed by atoms with Crippen molar-refractivity contribution in [2.45, 2.75) is 38.2 Å². The Morgan fingerprint density at radius 3 is 2.02 bits per heavy atom. The average molecular weight is 742 g/mol. The van der Waals surface area contributed by atoms with Gasteiger partial charge in [-0.05, 0) is 95.6 Å². The third-order valence-electron chi connectivity index (χ3n) is 10.3. The minimum atomic E-state index is -0.818. The fourth-order valence-corrected chi connectivity index (χ4v) is 8.11. The van der Waals surface area contributed by atoms with Crippen molar-refractivity contribution in [1.29, 1.82) is 0 Å². The number of hydrogen-bond donors (Lipinski definition) is 1. The van der Waals surface area contributed by atoms with E-state index in [1.807, 2.05) is 48.5 Å². The van der Waals surface area contributed by atoms with E-state index in [4.69, 9.17) is 21.1 Å². The number of hydrogen-bond acceptors (Lipinski definition) is 6. The summed E-state index contributed by atoms with van der Waals surface area (Å²) >= 11 is 6.70. The van der Waals surface area contributed by atoms with Gasteiger partial charge >= 0.3 is 6.03 Å². The van der Waals surface area contributed by atoms with Gasteiger partial charge in [-0.1, -0.05) is 84.4 Å². The Bertz CT molecular complexity index is 2210. The number of barbiturate groups is 1. The van der Waals surface area contributed by atoms with Crippen molar-refractivity contribution in [2.24, 2.45) is 0 Å². The number of urea groups is 1. The molecule has 1 fully saturated rings. The fraction of sp³-hybridized carbons (Fsp3) is 0.205. The number of ether oxygens (including phenoxy) is 2. The van der Waals surface area contributed by atoms with Crippen molar-refractivity contribution < 1.29 is 28.2 Å². The smallest absolute Gasteiger partial charge is 0.335 e. The summed E-state index contributed by atoms with van der Waals surface area (Å²) < 4.78 is 25.3. The quantitative estimate of drug-likeness (QED) is 0.120. The molecule has 10 heteroatoms. The summed E-state index contributed by atoms with van der Waals surface area (Å²) in [4.78, 5) is 44.9. The number of anilines is 2. The molecule has 0 unspecified atom stereocenters. The van der Waals surface area contributed by atoms with Crippen LogP contribution in [0.15, 0.2) is 115 Å². The number of carbonyl (C=O) groups excluding carboxylic acids is 3. The summed E-state index contributed by atoms with van der Waals surface area (Å²) in [5.74, 6) is -1.26. The fourth-order valence-electron chi connectivity index (χ4n) is 7.84. The molecule has 1 saturated heterocycles. The van der Waals surface area contributed by atoms with E-state index in [1.165, 1.54) is 18.2 Å². The first-order valence-electron chi connectivity index (χ1n) is 18.1. The molecule has 0 bridgehead atoms. The van der Waals surface area contributed by atoms with Crippen molar-refractivity contribution in [2.75, 3.05) is 29.5 Å². The van der Waals surface area contributed by atoms with Crippen LogP contribution in [0.25, 0.3) is 6.08 Å². The average Bonchev–Trinajstić information content (AvgIpc) is 3.18. The van der Waals surface area contributed by atoms with Gasteiger partial charge in [-0.3, -0.25) is 14.9 Å². The van der Waals surface area contributed by atoms with Crippen molar-refractivity contribution in [1.82, 2.24) is 5.32 Å². The topological polar surface area (TPSA) is 88.2 Å². The minimum Gasteiger partial charge on any atom is -0.490 e. The molecule has 5 aromatic rings. The molecule has 3 aliphatic heterocycles. The van der Waals surface area contributed by atoms with Crippen molar-refractivity contribution >= 4 is 46.9 Å². The predicted molar refractivity (Wildman–Crippen MR) is 207 cm³/mol. The van der Waals surface area contributed by atoms with E-state index in [1.54, 1.807) is 31.2 Å². The molecule has 0 radical (unpaired) electrons.